The van der Waals surface area contributed by atoms with Crippen LogP contribution in [0.15, 0.2) is 24.3 Å². The molecule has 0 fully saturated rings. The number of carbonyl (C=O) groups is 1. The number of carbonyl (C=O) groups excluding carboxylic acids is 1. The molecule has 0 saturated heterocycles. The Hall–Kier alpha value is 0.126. The van der Waals surface area contributed by atoms with Crippen molar-refractivity contribution in [2.45, 2.75) is 6.61 Å². The summed E-state index contributed by atoms with van der Waals surface area (Å²) >= 11 is 0. The Labute approximate surface area is 128 Å². The molecular formula is C10H14KNO2-2. The second kappa shape index (κ2) is 11.2. The van der Waals surface area contributed by atoms with Gasteiger partial charge in [-0.2, -0.15) is 0 Å². The summed E-state index contributed by atoms with van der Waals surface area (Å²) < 4.78 is 4.52. The first-order valence-electron chi connectivity index (χ1n) is 3.19. The number of nitrogens with one attached hydrogen (secondary N) is 1. The number of rotatable bonds is 3. The van der Waals surface area contributed by atoms with E-state index in [-0.39, 0.29) is 72.8 Å². The predicted octanol–water partition coefficient (Wildman–Crippen LogP) is -0.0521. The van der Waals surface area contributed by atoms with Gasteiger partial charge in [0.25, 0.3) is 6.47 Å². The SMILES string of the molecule is [CH3-].[CH3-].[K+].[NH-]c1ccc(COC=O)cc1. The maximum Gasteiger partial charge on any atom is 1.00 e. The average molecular weight is 219 g/mol. The largest absolute Gasteiger partial charge is 1.00 e. The van der Waals surface area contributed by atoms with Crippen molar-refractivity contribution in [2.24, 2.45) is 0 Å². The van der Waals surface area contributed by atoms with Crippen LogP contribution in [-0.4, -0.2) is 6.47 Å². The zero-order chi connectivity index (χ0) is 8.10. The van der Waals surface area contributed by atoms with Gasteiger partial charge >= 0.3 is 51.4 Å². The van der Waals surface area contributed by atoms with Gasteiger partial charge in [-0.05, 0) is 5.56 Å². The molecular weight excluding hydrogens is 205 g/mol. The zero-order valence-corrected chi connectivity index (χ0v) is 12.0. The van der Waals surface area contributed by atoms with Crippen LogP contribution in [0, 0.1) is 14.9 Å². The van der Waals surface area contributed by atoms with Crippen LogP contribution in [0.2, 0.25) is 0 Å². The summed E-state index contributed by atoms with van der Waals surface area (Å²) in [6.07, 6.45) is 0. The summed E-state index contributed by atoms with van der Waals surface area (Å²) in [6, 6.07) is 6.82. The fourth-order valence-electron chi connectivity index (χ4n) is 0.731. The molecule has 0 heterocycles. The summed E-state index contributed by atoms with van der Waals surface area (Å²) in [7, 11) is 0. The van der Waals surface area contributed by atoms with E-state index in [1.807, 2.05) is 0 Å². The summed E-state index contributed by atoms with van der Waals surface area (Å²) in [4.78, 5) is 9.79. The van der Waals surface area contributed by atoms with Crippen molar-refractivity contribution < 1.29 is 60.9 Å². The topological polar surface area (TPSA) is 50.1 Å². The fourth-order valence-corrected chi connectivity index (χ4v) is 0.731. The molecule has 0 aliphatic rings. The van der Waals surface area contributed by atoms with E-state index < -0.39 is 0 Å². The van der Waals surface area contributed by atoms with E-state index in [1.165, 1.54) is 0 Å². The number of hydrogen-bond acceptors (Lipinski definition) is 2. The minimum atomic E-state index is 0. The maximum atomic E-state index is 9.79. The molecule has 74 valence electrons. The van der Waals surface area contributed by atoms with Crippen LogP contribution in [0.25, 0.3) is 5.73 Å². The van der Waals surface area contributed by atoms with Gasteiger partial charge < -0.3 is 25.3 Å². The van der Waals surface area contributed by atoms with Gasteiger partial charge in [0.15, 0.2) is 0 Å². The van der Waals surface area contributed by atoms with Gasteiger partial charge in [-0.25, -0.2) is 0 Å². The van der Waals surface area contributed by atoms with Crippen molar-refractivity contribution in [3.05, 3.63) is 50.4 Å². The average Bonchev–Trinajstić information content (AvgIpc) is 2.04. The summed E-state index contributed by atoms with van der Waals surface area (Å²) in [5.74, 6) is 0. The Morgan fingerprint density at radius 2 is 1.71 bits per heavy atom. The van der Waals surface area contributed by atoms with Crippen LogP contribution in [0.1, 0.15) is 5.56 Å². The quantitative estimate of drug-likeness (QED) is 0.406. The van der Waals surface area contributed by atoms with Crippen molar-refractivity contribution in [1.29, 1.82) is 0 Å². The van der Waals surface area contributed by atoms with Crippen LogP contribution < -0.4 is 51.4 Å². The van der Waals surface area contributed by atoms with Crippen LogP contribution >= 0.6 is 0 Å². The molecule has 0 unspecified atom stereocenters. The predicted molar refractivity (Wildman–Crippen MR) is 54.1 cm³/mol. The summed E-state index contributed by atoms with van der Waals surface area (Å²) in [5.41, 5.74) is 8.51. The fraction of sp³-hybridized carbons (Fsp3) is 0.100. The molecule has 0 amide bonds. The third-order valence-corrected chi connectivity index (χ3v) is 1.27. The van der Waals surface area contributed by atoms with E-state index >= 15 is 0 Å². The van der Waals surface area contributed by atoms with Crippen LogP contribution in [0.3, 0.4) is 0 Å². The van der Waals surface area contributed by atoms with E-state index in [0.29, 0.717) is 12.2 Å². The maximum absolute atomic E-state index is 9.79. The van der Waals surface area contributed by atoms with Gasteiger partial charge in [0, 0.05) is 0 Å². The van der Waals surface area contributed by atoms with Gasteiger partial charge in [0.05, 0.1) is 0 Å². The van der Waals surface area contributed by atoms with E-state index in [0.717, 1.165) is 5.56 Å². The summed E-state index contributed by atoms with van der Waals surface area (Å²) in [5, 5.41) is 0. The normalized spacial score (nSPS) is 7.14. The van der Waals surface area contributed by atoms with E-state index in [1.54, 1.807) is 24.3 Å². The molecule has 14 heavy (non-hydrogen) atoms. The molecule has 0 atom stereocenters. The van der Waals surface area contributed by atoms with Gasteiger partial charge in [-0.1, -0.05) is 24.3 Å². The van der Waals surface area contributed by atoms with Gasteiger partial charge in [-0.15, -0.1) is 5.69 Å². The van der Waals surface area contributed by atoms with Gasteiger partial charge in [0.1, 0.15) is 6.61 Å². The smallest absolute Gasteiger partial charge is 0.699 e. The van der Waals surface area contributed by atoms with Crippen molar-refractivity contribution in [3.63, 3.8) is 0 Å². The summed E-state index contributed by atoms with van der Waals surface area (Å²) in [6.45, 7) is 0.693. The second-order valence-corrected chi connectivity index (χ2v) is 2.10. The first-order chi connectivity index (χ1) is 5.33. The third-order valence-electron chi connectivity index (χ3n) is 1.27. The molecule has 1 rings (SSSR count). The minimum Gasteiger partial charge on any atom is -0.699 e. The molecule has 1 N–H and O–H groups in total. The molecule has 3 nitrogen and oxygen atoms in total. The molecule has 0 aromatic heterocycles. The number of ether oxygens (including phenoxy) is 1. The van der Waals surface area contributed by atoms with Gasteiger partial charge in [-0.3, -0.25) is 4.79 Å². The van der Waals surface area contributed by atoms with Crippen molar-refractivity contribution >= 4 is 12.2 Å². The molecule has 0 radical (unpaired) electrons. The van der Waals surface area contributed by atoms with Crippen LogP contribution in [0.5, 0.6) is 0 Å². The Morgan fingerprint density at radius 3 is 2.14 bits per heavy atom. The monoisotopic (exact) mass is 219 g/mol. The number of hydrogen-bond donors (Lipinski definition) is 0. The van der Waals surface area contributed by atoms with E-state index in [2.05, 4.69) is 4.74 Å². The van der Waals surface area contributed by atoms with E-state index in [9.17, 15) is 4.79 Å². The number of benzene rings is 1. The molecule has 4 heteroatoms. The zero-order valence-electron chi connectivity index (χ0n) is 8.91. The molecule has 0 spiro atoms. The standard InChI is InChI=1S/C8H8NO2.2CH3.K/c9-8-3-1-7(2-4-8)5-11-6-10;;;/h1-4,6,9H,5H2;2*1H3;/q3*-1;+1. The second-order valence-electron chi connectivity index (χ2n) is 2.10. The molecule has 0 bridgehead atoms. The Bertz CT molecular complexity index is 236. The first kappa shape index (κ1) is 19.7. The van der Waals surface area contributed by atoms with Crippen molar-refractivity contribution in [2.75, 3.05) is 0 Å². The Kier molecular flexibility index (Phi) is 15.7. The van der Waals surface area contributed by atoms with Gasteiger partial charge in [0.2, 0.25) is 0 Å². The Morgan fingerprint density at radius 1 is 1.21 bits per heavy atom. The van der Waals surface area contributed by atoms with Crippen molar-refractivity contribution in [3.8, 4) is 0 Å². The van der Waals surface area contributed by atoms with Crippen LogP contribution in [-0.2, 0) is 16.1 Å². The Balaban J connectivity index is -0.000000403. The molecule has 1 aromatic rings. The molecule has 0 aliphatic carbocycles. The third kappa shape index (κ3) is 7.52. The molecule has 1 aromatic carbocycles. The minimum absolute atomic E-state index is 0. The first-order valence-corrected chi connectivity index (χ1v) is 3.19. The molecule has 0 saturated carbocycles. The van der Waals surface area contributed by atoms with E-state index in [4.69, 9.17) is 5.73 Å². The van der Waals surface area contributed by atoms with Crippen molar-refractivity contribution in [1.82, 2.24) is 0 Å². The molecule has 0 aliphatic heterocycles. The van der Waals surface area contributed by atoms with Crippen LogP contribution in [0.4, 0.5) is 5.69 Å².